The Morgan fingerprint density at radius 1 is 1.36 bits per heavy atom. The predicted octanol–water partition coefficient (Wildman–Crippen LogP) is -2.17. The number of carbonyl (C=O) groups excluding carboxylic acids is 1. The van der Waals surface area contributed by atoms with Gasteiger partial charge in [0.1, 0.15) is 12.2 Å². The average molecular weight is 185 g/mol. The van der Waals surface area contributed by atoms with Crippen LogP contribution < -0.4 is 0 Å². The molecule has 0 aliphatic heterocycles. The number of aliphatic hydroxyl groups is 4. The number of aliphatic hydroxyl groups excluding tert-OH is 4. The predicted molar refractivity (Wildman–Crippen MR) is 36.0 cm³/mol. The first-order valence-electron chi connectivity index (χ1n) is 2.85. The van der Waals surface area contributed by atoms with Crippen LogP contribution in [0.3, 0.4) is 0 Å². The maximum atomic E-state index is 10.2. The van der Waals surface area contributed by atoms with E-state index in [9.17, 15) is 4.79 Å². The highest BCUT2D eigenvalue weighted by Crippen LogP contribution is 2.02. The van der Waals surface area contributed by atoms with Crippen molar-refractivity contribution in [3.8, 4) is 0 Å². The summed E-state index contributed by atoms with van der Waals surface area (Å²) in [5.74, 6) is 0. The normalized spacial score (nSPS) is 19.0. The number of rotatable bonds is 4. The lowest BCUT2D eigenvalue weighted by atomic mass is 10.1. The van der Waals surface area contributed by atoms with E-state index in [2.05, 4.69) is 0 Å². The number of halogens is 1. The molecule has 0 fully saturated rings. The molecular formula is C5H9ClO5. The van der Waals surface area contributed by atoms with Crippen LogP contribution in [0.4, 0.5) is 0 Å². The molecule has 0 aromatic rings. The van der Waals surface area contributed by atoms with E-state index in [1.165, 1.54) is 0 Å². The fourth-order valence-corrected chi connectivity index (χ4v) is 0.582. The van der Waals surface area contributed by atoms with E-state index < -0.39 is 30.2 Å². The monoisotopic (exact) mass is 184 g/mol. The molecule has 0 aromatic heterocycles. The minimum absolute atomic E-state index is 0.748. The topological polar surface area (TPSA) is 98.0 Å². The minimum atomic E-state index is -1.86. The first kappa shape index (κ1) is 10.8. The summed E-state index contributed by atoms with van der Waals surface area (Å²) in [6, 6.07) is 0. The molecule has 0 spiro atoms. The SMILES string of the molecule is O=C(Cl)C(O)C(O)C(O)CO. The van der Waals surface area contributed by atoms with Gasteiger partial charge in [-0.15, -0.1) is 0 Å². The molecule has 0 aromatic carbocycles. The van der Waals surface area contributed by atoms with Gasteiger partial charge in [-0.25, -0.2) is 0 Å². The van der Waals surface area contributed by atoms with Gasteiger partial charge in [0, 0.05) is 0 Å². The Morgan fingerprint density at radius 2 is 1.82 bits per heavy atom. The maximum Gasteiger partial charge on any atom is 0.253 e. The van der Waals surface area contributed by atoms with E-state index in [0.29, 0.717) is 0 Å². The van der Waals surface area contributed by atoms with E-state index in [1.807, 2.05) is 0 Å². The molecule has 0 radical (unpaired) electrons. The zero-order chi connectivity index (χ0) is 9.02. The van der Waals surface area contributed by atoms with Crippen LogP contribution in [0.5, 0.6) is 0 Å². The van der Waals surface area contributed by atoms with Gasteiger partial charge in [-0.2, -0.15) is 0 Å². The highest BCUT2D eigenvalue weighted by molar-refractivity contribution is 6.64. The van der Waals surface area contributed by atoms with Gasteiger partial charge in [0.25, 0.3) is 5.24 Å². The molecule has 0 heterocycles. The summed E-state index contributed by atoms with van der Waals surface area (Å²) in [5.41, 5.74) is 0. The first-order valence-corrected chi connectivity index (χ1v) is 3.23. The Kier molecular flexibility index (Phi) is 4.55. The Bertz CT molecular complexity index is 139. The van der Waals surface area contributed by atoms with Gasteiger partial charge in [0.15, 0.2) is 6.10 Å². The van der Waals surface area contributed by atoms with E-state index in [4.69, 9.17) is 32.0 Å². The third-order valence-corrected chi connectivity index (χ3v) is 1.36. The van der Waals surface area contributed by atoms with Crippen LogP contribution in [0, 0.1) is 0 Å². The first-order chi connectivity index (χ1) is 5.00. The van der Waals surface area contributed by atoms with Gasteiger partial charge in [-0.05, 0) is 11.6 Å². The maximum absolute atomic E-state index is 10.2. The van der Waals surface area contributed by atoms with Crippen LogP contribution in [-0.4, -0.2) is 50.6 Å². The Balaban J connectivity index is 4.00. The van der Waals surface area contributed by atoms with E-state index >= 15 is 0 Å². The molecule has 6 heteroatoms. The third kappa shape index (κ3) is 3.13. The van der Waals surface area contributed by atoms with Crippen LogP contribution in [-0.2, 0) is 4.79 Å². The highest BCUT2D eigenvalue weighted by Gasteiger charge is 2.28. The second-order valence-corrected chi connectivity index (χ2v) is 2.36. The number of carbonyl (C=O) groups is 1. The van der Waals surface area contributed by atoms with Crippen molar-refractivity contribution in [1.29, 1.82) is 0 Å². The van der Waals surface area contributed by atoms with Crippen LogP contribution in [0.1, 0.15) is 0 Å². The van der Waals surface area contributed by atoms with Gasteiger partial charge >= 0.3 is 0 Å². The minimum Gasteiger partial charge on any atom is -0.394 e. The van der Waals surface area contributed by atoms with Crippen molar-refractivity contribution in [3.63, 3.8) is 0 Å². The second kappa shape index (κ2) is 4.63. The number of hydrogen-bond acceptors (Lipinski definition) is 5. The summed E-state index contributed by atoms with van der Waals surface area (Å²) < 4.78 is 0. The van der Waals surface area contributed by atoms with Crippen LogP contribution in [0.15, 0.2) is 0 Å². The van der Waals surface area contributed by atoms with Crippen molar-refractivity contribution < 1.29 is 25.2 Å². The van der Waals surface area contributed by atoms with Gasteiger partial charge < -0.3 is 20.4 Å². The van der Waals surface area contributed by atoms with E-state index in [-0.39, 0.29) is 0 Å². The Hall–Kier alpha value is -0.200. The molecule has 5 nitrogen and oxygen atoms in total. The van der Waals surface area contributed by atoms with Crippen molar-refractivity contribution in [2.45, 2.75) is 18.3 Å². The van der Waals surface area contributed by atoms with Crippen molar-refractivity contribution >= 4 is 16.8 Å². The smallest absolute Gasteiger partial charge is 0.253 e. The largest absolute Gasteiger partial charge is 0.394 e. The summed E-state index contributed by atoms with van der Waals surface area (Å²) in [6.45, 7) is -0.748. The highest BCUT2D eigenvalue weighted by atomic mass is 35.5. The standard InChI is InChI=1S/C5H9ClO5/c6-5(11)4(10)3(9)2(8)1-7/h2-4,7-10H,1H2. The van der Waals surface area contributed by atoms with Crippen LogP contribution in [0.2, 0.25) is 0 Å². The summed E-state index contributed by atoms with van der Waals surface area (Å²) in [5, 5.41) is 33.2. The van der Waals surface area contributed by atoms with Crippen molar-refractivity contribution in [1.82, 2.24) is 0 Å². The van der Waals surface area contributed by atoms with E-state index in [1.54, 1.807) is 0 Å². The quantitative estimate of drug-likeness (QED) is 0.373. The number of hydrogen-bond donors (Lipinski definition) is 4. The molecule has 4 N–H and O–H groups in total. The fraction of sp³-hybridized carbons (Fsp3) is 0.800. The van der Waals surface area contributed by atoms with Gasteiger partial charge in [-0.1, -0.05) is 0 Å². The molecule has 0 aliphatic rings. The Morgan fingerprint density at radius 3 is 2.09 bits per heavy atom. The molecule has 3 atom stereocenters. The fourth-order valence-electron chi connectivity index (χ4n) is 0.453. The van der Waals surface area contributed by atoms with Crippen molar-refractivity contribution in [2.75, 3.05) is 6.61 Å². The zero-order valence-corrected chi connectivity index (χ0v) is 6.27. The zero-order valence-electron chi connectivity index (χ0n) is 5.51. The average Bonchev–Trinajstić information content (AvgIpc) is 2.00. The molecule has 0 bridgehead atoms. The molecule has 0 rings (SSSR count). The van der Waals surface area contributed by atoms with Gasteiger partial charge in [0.2, 0.25) is 0 Å². The molecule has 0 aliphatic carbocycles. The van der Waals surface area contributed by atoms with E-state index in [0.717, 1.165) is 0 Å². The van der Waals surface area contributed by atoms with Crippen LogP contribution >= 0.6 is 11.6 Å². The summed E-state index contributed by atoms with van der Waals surface area (Å²) in [6.07, 6.45) is -5.17. The molecule has 66 valence electrons. The van der Waals surface area contributed by atoms with Crippen molar-refractivity contribution in [3.05, 3.63) is 0 Å². The molecule has 3 unspecified atom stereocenters. The lowest BCUT2D eigenvalue weighted by Crippen LogP contribution is -2.42. The summed E-state index contributed by atoms with van der Waals surface area (Å²) in [7, 11) is 0. The lowest BCUT2D eigenvalue weighted by Gasteiger charge is -2.17. The Labute approximate surface area is 67.8 Å². The third-order valence-electron chi connectivity index (χ3n) is 1.14. The van der Waals surface area contributed by atoms with Crippen LogP contribution in [0.25, 0.3) is 0 Å². The molecular weight excluding hydrogens is 176 g/mol. The molecule has 0 saturated carbocycles. The summed E-state index contributed by atoms with van der Waals surface area (Å²) in [4.78, 5) is 10.2. The van der Waals surface area contributed by atoms with Crippen molar-refractivity contribution in [2.24, 2.45) is 0 Å². The van der Waals surface area contributed by atoms with Gasteiger partial charge in [0.05, 0.1) is 6.61 Å². The summed E-state index contributed by atoms with van der Waals surface area (Å²) >= 11 is 4.78. The molecule has 11 heavy (non-hydrogen) atoms. The lowest BCUT2D eigenvalue weighted by molar-refractivity contribution is -0.132. The second-order valence-electron chi connectivity index (χ2n) is 1.99. The van der Waals surface area contributed by atoms with Gasteiger partial charge in [-0.3, -0.25) is 4.79 Å². The molecule has 0 amide bonds. The molecule has 0 saturated heterocycles.